The quantitative estimate of drug-likeness (QED) is 0.171. The van der Waals surface area contributed by atoms with Crippen molar-refractivity contribution in [2.24, 2.45) is 0 Å². The highest BCUT2D eigenvalue weighted by molar-refractivity contribution is 5.88. The lowest BCUT2D eigenvalue weighted by molar-refractivity contribution is 0.660. The molecular weight excluding hydrogens is 641 g/mol. The van der Waals surface area contributed by atoms with Crippen molar-refractivity contribution >= 4 is 46.3 Å². The molecule has 0 N–H and O–H groups in total. The third-order valence-corrected chi connectivity index (χ3v) is 11.8. The number of anilines is 6. The van der Waals surface area contributed by atoms with E-state index in [1.807, 2.05) is 0 Å². The minimum Gasteiger partial charge on any atom is -0.310 e. The molecule has 10 rings (SSSR count). The van der Waals surface area contributed by atoms with Crippen molar-refractivity contribution < 1.29 is 0 Å². The maximum atomic E-state index is 2.49. The molecule has 0 spiro atoms. The van der Waals surface area contributed by atoms with Gasteiger partial charge in [0.25, 0.3) is 0 Å². The van der Waals surface area contributed by atoms with Gasteiger partial charge >= 0.3 is 0 Å². The van der Waals surface area contributed by atoms with Gasteiger partial charge in [-0.25, -0.2) is 0 Å². The molecule has 2 nitrogen and oxygen atoms in total. The van der Waals surface area contributed by atoms with E-state index in [4.69, 9.17) is 0 Å². The molecule has 0 amide bonds. The van der Waals surface area contributed by atoms with Gasteiger partial charge in [0.05, 0.1) is 0 Å². The highest BCUT2D eigenvalue weighted by atomic mass is 15.2. The Hall–Kier alpha value is -6.12. The second-order valence-electron chi connectivity index (χ2n) is 15.3. The summed E-state index contributed by atoms with van der Waals surface area (Å²) >= 11 is 0. The molecule has 2 aliphatic heterocycles. The molecule has 53 heavy (non-hydrogen) atoms. The van der Waals surface area contributed by atoms with E-state index in [2.05, 4.69) is 194 Å². The Kier molecular flexibility index (Phi) is 7.47. The van der Waals surface area contributed by atoms with Gasteiger partial charge in [0.15, 0.2) is 0 Å². The van der Waals surface area contributed by atoms with E-state index in [0.29, 0.717) is 0 Å². The number of rotatable bonds is 4. The summed E-state index contributed by atoms with van der Waals surface area (Å²) in [6, 6.07) is 58.7. The maximum Gasteiger partial charge on any atom is 0.0493 e. The molecule has 0 fully saturated rings. The number of hydrogen-bond acceptors (Lipinski definition) is 2. The van der Waals surface area contributed by atoms with Crippen molar-refractivity contribution in [2.75, 3.05) is 9.80 Å². The van der Waals surface area contributed by atoms with Crippen LogP contribution < -0.4 is 9.80 Å². The maximum absolute atomic E-state index is 2.49. The molecule has 2 heteroatoms. The molecule has 0 atom stereocenters. The van der Waals surface area contributed by atoms with Crippen LogP contribution in [0.15, 0.2) is 158 Å². The zero-order valence-electron chi connectivity index (χ0n) is 30.4. The van der Waals surface area contributed by atoms with E-state index in [9.17, 15) is 0 Å². The Morgan fingerprint density at radius 3 is 1.28 bits per heavy atom. The van der Waals surface area contributed by atoms with Crippen LogP contribution in [0, 0.1) is 0 Å². The predicted octanol–water partition coefficient (Wildman–Crippen LogP) is 13.3. The van der Waals surface area contributed by atoms with E-state index in [-0.39, 0.29) is 5.41 Å². The molecular formula is C51H42N2. The largest absolute Gasteiger partial charge is 0.310 e. The van der Waals surface area contributed by atoms with E-state index in [1.54, 1.807) is 0 Å². The van der Waals surface area contributed by atoms with Crippen LogP contribution in [-0.4, -0.2) is 0 Å². The Balaban J connectivity index is 0.953. The number of fused-ring (bicyclic) bond motifs is 7. The number of hydrogen-bond donors (Lipinski definition) is 0. The smallest absolute Gasteiger partial charge is 0.0493 e. The summed E-state index contributed by atoms with van der Waals surface area (Å²) in [6.07, 6.45) is 8.71. The topological polar surface area (TPSA) is 6.48 Å². The van der Waals surface area contributed by atoms with Crippen molar-refractivity contribution in [2.45, 2.75) is 44.9 Å². The summed E-state index contributed by atoms with van der Waals surface area (Å²) in [6.45, 7) is 4.77. The first-order valence-corrected chi connectivity index (χ1v) is 19.0. The second kappa shape index (κ2) is 12.5. The highest BCUT2D eigenvalue weighted by Gasteiger charge is 2.36. The monoisotopic (exact) mass is 682 g/mol. The molecule has 7 aromatic carbocycles. The van der Waals surface area contributed by atoms with Gasteiger partial charge in [0.1, 0.15) is 0 Å². The van der Waals surface area contributed by atoms with Gasteiger partial charge in [-0.3, -0.25) is 0 Å². The molecule has 7 aromatic rings. The Morgan fingerprint density at radius 1 is 0.396 bits per heavy atom. The van der Waals surface area contributed by atoms with Gasteiger partial charge in [0, 0.05) is 39.5 Å². The average molecular weight is 683 g/mol. The van der Waals surface area contributed by atoms with Crippen LogP contribution in [0.2, 0.25) is 0 Å². The Labute approximate surface area is 313 Å². The van der Waals surface area contributed by atoms with Crippen molar-refractivity contribution in [1.82, 2.24) is 0 Å². The molecule has 0 radical (unpaired) electrons. The van der Waals surface area contributed by atoms with Crippen LogP contribution in [0.4, 0.5) is 34.1 Å². The first-order valence-electron chi connectivity index (χ1n) is 19.0. The van der Waals surface area contributed by atoms with Crippen LogP contribution in [0.3, 0.4) is 0 Å². The van der Waals surface area contributed by atoms with Crippen molar-refractivity contribution in [3.05, 3.63) is 202 Å². The standard InChI is InChI=1S/C51H42N2/c1-51(2)45-33-36(20-19-35-21-28-41(29-22-35)52-47-15-7-3-11-37(47)24-25-38-12-4-8-16-48(38)52)23-31-43(45)44-32-30-42(34-46(44)51)53-49-17-9-5-13-39(49)26-27-40-14-6-10-18-50(40)53/h3-23,28-34H,24-27H2,1-2H3/b20-19+. The normalized spacial score (nSPS) is 15.1. The zero-order chi connectivity index (χ0) is 35.5. The first-order chi connectivity index (χ1) is 26.0. The van der Waals surface area contributed by atoms with Gasteiger partial charge in [-0.15, -0.1) is 0 Å². The third kappa shape index (κ3) is 5.32. The lowest BCUT2D eigenvalue weighted by Crippen LogP contribution is -2.17. The van der Waals surface area contributed by atoms with Crippen LogP contribution in [0.5, 0.6) is 0 Å². The second-order valence-corrected chi connectivity index (χ2v) is 15.3. The van der Waals surface area contributed by atoms with E-state index < -0.39 is 0 Å². The van der Waals surface area contributed by atoms with Crippen molar-refractivity contribution in [3.63, 3.8) is 0 Å². The molecule has 0 saturated heterocycles. The van der Waals surface area contributed by atoms with Crippen LogP contribution in [0.1, 0.15) is 58.4 Å². The summed E-state index contributed by atoms with van der Waals surface area (Å²) in [4.78, 5) is 4.92. The Bertz CT molecular complexity index is 2460. The predicted molar refractivity (Wildman–Crippen MR) is 224 cm³/mol. The minimum atomic E-state index is -0.128. The van der Waals surface area contributed by atoms with E-state index in [1.165, 1.54) is 89.8 Å². The Morgan fingerprint density at radius 2 is 0.774 bits per heavy atom. The van der Waals surface area contributed by atoms with Gasteiger partial charge < -0.3 is 9.80 Å². The van der Waals surface area contributed by atoms with Gasteiger partial charge in [-0.2, -0.15) is 0 Å². The third-order valence-electron chi connectivity index (χ3n) is 11.8. The number of nitrogens with zero attached hydrogens (tertiary/aromatic N) is 2. The average Bonchev–Trinajstić information content (AvgIpc) is 3.33. The molecule has 1 aliphatic carbocycles. The number of aryl methyl sites for hydroxylation is 4. The summed E-state index contributed by atoms with van der Waals surface area (Å²) in [5.74, 6) is 0. The van der Waals surface area contributed by atoms with E-state index >= 15 is 0 Å². The van der Waals surface area contributed by atoms with Crippen molar-refractivity contribution in [1.29, 1.82) is 0 Å². The van der Waals surface area contributed by atoms with Gasteiger partial charge in [-0.1, -0.05) is 135 Å². The fourth-order valence-electron chi connectivity index (χ4n) is 9.03. The van der Waals surface area contributed by atoms with Crippen LogP contribution in [-0.2, 0) is 31.1 Å². The zero-order valence-corrected chi connectivity index (χ0v) is 30.4. The number of para-hydroxylation sites is 4. The molecule has 0 aromatic heterocycles. The summed E-state index contributed by atoms with van der Waals surface area (Å²) in [5.41, 5.74) is 20.8. The number of benzene rings is 7. The van der Waals surface area contributed by atoms with Crippen LogP contribution >= 0.6 is 0 Å². The van der Waals surface area contributed by atoms with Gasteiger partial charge in [0.2, 0.25) is 0 Å². The SMILES string of the molecule is CC1(C)c2cc(/C=C/c3ccc(N4c5ccccc5CCc5ccccc54)cc3)ccc2-c2ccc(N3c4ccccc4CCc4ccccc43)cc21. The summed E-state index contributed by atoms with van der Waals surface area (Å²) < 4.78 is 0. The fourth-order valence-corrected chi connectivity index (χ4v) is 9.03. The minimum absolute atomic E-state index is 0.128. The van der Waals surface area contributed by atoms with Crippen LogP contribution in [0.25, 0.3) is 23.3 Å². The highest BCUT2D eigenvalue weighted by Crippen LogP contribution is 2.52. The molecule has 3 aliphatic rings. The summed E-state index contributed by atoms with van der Waals surface area (Å²) in [5, 5.41) is 0. The first kappa shape index (κ1) is 31.6. The van der Waals surface area contributed by atoms with Gasteiger partial charge in [-0.05, 0) is 130 Å². The molecule has 0 unspecified atom stereocenters. The van der Waals surface area contributed by atoms with E-state index in [0.717, 1.165) is 25.7 Å². The lowest BCUT2D eigenvalue weighted by Gasteiger charge is -2.29. The summed E-state index contributed by atoms with van der Waals surface area (Å²) in [7, 11) is 0. The molecule has 0 bridgehead atoms. The molecule has 2 heterocycles. The fraction of sp³-hybridized carbons (Fsp3) is 0.137. The lowest BCUT2D eigenvalue weighted by atomic mass is 9.81. The van der Waals surface area contributed by atoms with Crippen molar-refractivity contribution in [3.8, 4) is 11.1 Å². The molecule has 256 valence electrons. The molecule has 0 saturated carbocycles.